The summed E-state index contributed by atoms with van der Waals surface area (Å²) < 4.78 is 32.1. The molecular weight excluding hydrogens is 404 g/mol. The number of rotatable bonds is 6. The van der Waals surface area contributed by atoms with Crippen molar-refractivity contribution in [2.75, 3.05) is 17.1 Å². The van der Waals surface area contributed by atoms with E-state index < -0.39 is 21.9 Å². The normalized spacial score (nSPS) is 10.9. The monoisotopic (exact) mass is 424 g/mol. The fourth-order valence-corrected chi connectivity index (χ4v) is 3.75. The van der Waals surface area contributed by atoms with Gasteiger partial charge in [-0.3, -0.25) is 9.52 Å². The summed E-state index contributed by atoms with van der Waals surface area (Å²) in [5, 5.41) is 2.66. The van der Waals surface area contributed by atoms with Crippen LogP contribution >= 0.6 is 0 Å². The molecule has 0 spiro atoms. The predicted molar refractivity (Wildman–Crippen MR) is 114 cm³/mol. The van der Waals surface area contributed by atoms with Crippen LogP contribution in [0, 0.1) is 6.92 Å². The first kappa shape index (κ1) is 21.1. The maximum absolute atomic E-state index is 12.5. The highest BCUT2D eigenvalue weighted by Gasteiger charge is 2.16. The molecule has 0 heterocycles. The van der Waals surface area contributed by atoms with Gasteiger partial charge in [0.05, 0.1) is 23.3 Å². The third-order valence-electron chi connectivity index (χ3n) is 4.31. The summed E-state index contributed by atoms with van der Waals surface area (Å²) in [6.07, 6.45) is 0. The minimum atomic E-state index is -3.73. The average Bonchev–Trinajstić information content (AvgIpc) is 2.74. The van der Waals surface area contributed by atoms with Gasteiger partial charge in [0.25, 0.3) is 15.9 Å². The predicted octanol–water partition coefficient (Wildman–Crippen LogP) is 3.83. The zero-order chi connectivity index (χ0) is 21.7. The van der Waals surface area contributed by atoms with Crippen LogP contribution in [0.5, 0.6) is 0 Å². The Bertz CT molecular complexity index is 1170. The number of ether oxygens (including phenoxy) is 1. The number of hydrogen-bond acceptors (Lipinski definition) is 5. The van der Waals surface area contributed by atoms with E-state index in [2.05, 4.69) is 10.0 Å². The van der Waals surface area contributed by atoms with Gasteiger partial charge >= 0.3 is 5.97 Å². The lowest BCUT2D eigenvalue weighted by atomic mass is 10.1. The Morgan fingerprint density at radius 3 is 2.13 bits per heavy atom. The third-order valence-corrected chi connectivity index (χ3v) is 5.71. The van der Waals surface area contributed by atoms with Crippen molar-refractivity contribution in [3.8, 4) is 0 Å². The average molecular weight is 424 g/mol. The summed E-state index contributed by atoms with van der Waals surface area (Å²) in [5.74, 6) is -1.01. The lowest BCUT2D eigenvalue weighted by Gasteiger charge is -2.11. The molecule has 7 nitrogen and oxygen atoms in total. The number of amides is 1. The number of para-hydroxylation sites is 1. The number of esters is 1. The van der Waals surface area contributed by atoms with Crippen LogP contribution in [0.15, 0.2) is 77.7 Å². The van der Waals surface area contributed by atoms with Gasteiger partial charge in [-0.05, 0) is 55.5 Å². The molecule has 0 aliphatic heterocycles. The van der Waals surface area contributed by atoms with Gasteiger partial charge in [0.1, 0.15) is 0 Å². The molecule has 2 N–H and O–H groups in total. The molecule has 0 saturated carbocycles. The van der Waals surface area contributed by atoms with E-state index in [1.54, 1.807) is 36.4 Å². The third kappa shape index (κ3) is 4.84. The molecule has 1 amide bonds. The maximum atomic E-state index is 12.5. The van der Waals surface area contributed by atoms with Gasteiger partial charge in [0.2, 0.25) is 0 Å². The number of nitrogens with one attached hydrogen (secondary N) is 2. The molecule has 0 aromatic heterocycles. The van der Waals surface area contributed by atoms with Crippen LogP contribution in [0.25, 0.3) is 0 Å². The minimum Gasteiger partial charge on any atom is -0.465 e. The van der Waals surface area contributed by atoms with Crippen molar-refractivity contribution in [3.63, 3.8) is 0 Å². The lowest BCUT2D eigenvalue weighted by Crippen LogP contribution is -2.16. The van der Waals surface area contributed by atoms with Crippen LogP contribution in [0.4, 0.5) is 11.4 Å². The summed E-state index contributed by atoms with van der Waals surface area (Å²) in [6, 6.07) is 18.9. The Labute approximate surface area is 174 Å². The lowest BCUT2D eigenvalue weighted by molar-refractivity contribution is 0.0602. The second-order valence-electron chi connectivity index (χ2n) is 6.49. The second-order valence-corrected chi connectivity index (χ2v) is 8.17. The first-order valence-electron chi connectivity index (χ1n) is 8.98. The van der Waals surface area contributed by atoms with Crippen LogP contribution in [-0.2, 0) is 14.8 Å². The summed E-state index contributed by atoms with van der Waals surface area (Å²) >= 11 is 0. The first-order valence-corrected chi connectivity index (χ1v) is 10.5. The quantitative estimate of drug-likeness (QED) is 0.586. The molecule has 3 aromatic carbocycles. The van der Waals surface area contributed by atoms with E-state index >= 15 is 0 Å². The molecule has 3 aromatic rings. The summed E-state index contributed by atoms with van der Waals surface area (Å²) in [6.45, 7) is 1.87. The molecule has 0 bridgehead atoms. The van der Waals surface area contributed by atoms with E-state index in [4.69, 9.17) is 4.74 Å². The number of sulfonamides is 1. The number of methoxy groups -OCH3 is 1. The summed E-state index contributed by atoms with van der Waals surface area (Å²) in [5.41, 5.74) is 2.13. The Balaban J connectivity index is 1.74. The number of aryl methyl sites for hydroxylation is 1. The zero-order valence-electron chi connectivity index (χ0n) is 16.4. The van der Waals surface area contributed by atoms with E-state index in [-0.39, 0.29) is 10.5 Å². The molecule has 0 radical (unpaired) electrons. The van der Waals surface area contributed by atoms with Gasteiger partial charge in [-0.25, -0.2) is 13.2 Å². The van der Waals surface area contributed by atoms with Crippen LogP contribution in [0.3, 0.4) is 0 Å². The number of hydrogen-bond donors (Lipinski definition) is 2. The molecule has 0 atom stereocenters. The maximum Gasteiger partial charge on any atom is 0.339 e. The molecule has 0 saturated heterocycles. The molecule has 0 fully saturated rings. The Hall–Kier alpha value is -3.65. The van der Waals surface area contributed by atoms with Crippen molar-refractivity contribution in [2.45, 2.75) is 11.8 Å². The number of benzene rings is 3. The Kier molecular flexibility index (Phi) is 6.17. The number of anilines is 2. The molecular formula is C22H20N2O5S. The van der Waals surface area contributed by atoms with Crippen LogP contribution in [0.2, 0.25) is 0 Å². The summed E-state index contributed by atoms with van der Waals surface area (Å²) in [7, 11) is -2.47. The second kappa shape index (κ2) is 8.79. The van der Waals surface area contributed by atoms with Gasteiger partial charge < -0.3 is 10.1 Å². The van der Waals surface area contributed by atoms with Crippen molar-refractivity contribution in [2.24, 2.45) is 0 Å². The minimum absolute atomic E-state index is 0.148. The molecule has 0 aliphatic rings. The smallest absolute Gasteiger partial charge is 0.339 e. The van der Waals surface area contributed by atoms with Crippen LogP contribution in [-0.4, -0.2) is 27.4 Å². The molecule has 0 unspecified atom stereocenters. The van der Waals surface area contributed by atoms with Crippen molar-refractivity contribution in [1.29, 1.82) is 0 Å². The van der Waals surface area contributed by atoms with Crippen molar-refractivity contribution >= 4 is 33.3 Å². The van der Waals surface area contributed by atoms with Crippen molar-refractivity contribution < 1.29 is 22.7 Å². The molecule has 30 heavy (non-hydrogen) atoms. The van der Waals surface area contributed by atoms with Gasteiger partial charge in [0, 0.05) is 11.3 Å². The van der Waals surface area contributed by atoms with Gasteiger partial charge in [-0.2, -0.15) is 0 Å². The molecule has 8 heteroatoms. The highest BCUT2D eigenvalue weighted by atomic mass is 32.2. The highest BCUT2D eigenvalue weighted by Crippen LogP contribution is 2.20. The van der Waals surface area contributed by atoms with E-state index in [0.717, 1.165) is 5.56 Å². The van der Waals surface area contributed by atoms with Crippen molar-refractivity contribution in [3.05, 3.63) is 89.5 Å². The molecule has 0 aliphatic carbocycles. The number of carbonyl (C=O) groups is 2. The Morgan fingerprint density at radius 1 is 0.867 bits per heavy atom. The van der Waals surface area contributed by atoms with E-state index in [1.807, 2.05) is 6.92 Å². The zero-order valence-corrected chi connectivity index (χ0v) is 17.2. The van der Waals surface area contributed by atoms with Crippen LogP contribution < -0.4 is 10.0 Å². The van der Waals surface area contributed by atoms with Gasteiger partial charge in [-0.15, -0.1) is 0 Å². The fraction of sp³-hybridized carbons (Fsp3) is 0.0909. The van der Waals surface area contributed by atoms with Gasteiger partial charge in [-0.1, -0.05) is 29.8 Å². The fourth-order valence-electron chi connectivity index (χ4n) is 2.70. The molecule has 154 valence electrons. The first-order chi connectivity index (χ1) is 14.3. The largest absolute Gasteiger partial charge is 0.465 e. The van der Waals surface area contributed by atoms with E-state index in [9.17, 15) is 18.0 Å². The number of carbonyl (C=O) groups excluding carboxylic acids is 2. The van der Waals surface area contributed by atoms with E-state index in [0.29, 0.717) is 16.9 Å². The van der Waals surface area contributed by atoms with Gasteiger partial charge in [0.15, 0.2) is 0 Å². The topological polar surface area (TPSA) is 102 Å². The standard InChI is InChI=1S/C22H20N2O5S/c1-15-7-13-18(14-8-15)30(27,28)24-17-11-9-16(10-12-17)21(25)23-20-6-4-3-5-19(20)22(26)29-2/h3-14,24H,1-2H3,(H,23,25). The van der Waals surface area contributed by atoms with E-state index in [1.165, 1.54) is 43.5 Å². The SMILES string of the molecule is COC(=O)c1ccccc1NC(=O)c1ccc(NS(=O)(=O)c2ccc(C)cc2)cc1. The summed E-state index contributed by atoms with van der Waals surface area (Å²) in [4.78, 5) is 24.5. The van der Waals surface area contributed by atoms with Crippen LogP contribution in [0.1, 0.15) is 26.3 Å². The highest BCUT2D eigenvalue weighted by molar-refractivity contribution is 7.92. The molecule has 3 rings (SSSR count). The van der Waals surface area contributed by atoms with Crippen molar-refractivity contribution in [1.82, 2.24) is 0 Å². The Morgan fingerprint density at radius 2 is 1.50 bits per heavy atom.